The van der Waals surface area contributed by atoms with Crippen LogP contribution in [0.15, 0.2) is 53.0 Å². The molecular weight excluding hydrogens is 724 g/mol. The highest BCUT2D eigenvalue weighted by molar-refractivity contribution is 9.10. The zero-order chi connectivity index (χ0) is 35.3. The van der Waals surface area contributed by atoms with Crippen molar-refractivity contribution in [3.63, 3.8) is 0 Å². The van der Waals surface area contributed by atoms with Gasteiger partial charge in [-0.25, -0.2) is 0 Å². The number of hydrogen-bond donors (Lipinski definition) is 5. The number of unbranched alkanes of at least 4 members (excludes halogenated alkanes) is 1. The fraction of sp³-hybridized carbons (Fsp3) is 0.474. The van der Waals surface area contributed by atoms with Gasteiger partial charge in [0.15, 0.2) is 0 Å². The lowest BCUT2D eigenvalue weighted by atomic mass is 9.97. The fourth-order valence-corrected chi connectivity index (χ4v) is 7.23. The van der Waals surface area contributed by atoms with Crippen molar-refractivity contribution in [3.8, 4) is 22.6 Å². The molecular formula is C38H48BrClN4O6. The summed E-state index contributed by atoms with van der Waals surface area (Å²) >= 11 is 10.5. The van der Waals surface area contributed by atoms with E-state index < -0.39 is 18.6 Å². The SMILES string of the molecule is N=Cc1c(NCCCCN2CCCC2)cccc1-c1cccc(COc2cc(OCC3CCOCC3)c(CNC(CO)C(=O)O)cc2Cl)c1Br. The molecule has 2 heterocycles. The molecule has 0 aliphatic carbocycles. The molecule has 0 aromatic heterocycles. The van der Waals surface area contributed by atoms with E-state index in [4.69, 9.17) is 31.2 Å². The van der Waals surface area contributed by atoms with Crippen LogP contribution in [0.3, 0.4) is 0 Å². The maximum absolute atomic E-state index is 11.5. The molecule has 5 rings (SSSR count). The molecule has 1 atom stereocenters. The van der Waals surface area contributed by atoms with Gasteiger partial charge in [-0.15, -0.1) is 0 Å². The number of carboxylic acids is 1. The van der Waals surface area contributed by atoms with Crippen molar-refractivity contribution in [3.05, 3.63) is 74.7 Å². The number of ether oxygens (including phenoxy) is 3. The number of nitrogens with one attached hydrogen (secondary N) is 3. The van der Waals surface area contributed by atoms with Crippen molar-refractivity contribution in [2.75, 3.05) is 57.9 Å². The number of benzene rings is 3. The quantitative estimate of drug-likeness (QED) is 0.0647. The number of aliphatic hydroxyl groups excluding tert-OH is 1. The minimum atomic E-state index is -1.14. The van der Waals surface area contributed by atoms with E-state index in [0.29, 0.717) is 47.8 Å². The third-order valence-corrected chi connectivity index (χ3v) is 10.6. The third-order valence-electron chi connectivity index (χ3n) is 9.37. The first-order chi connectivity index (χ1) is 24.4. The van der Waals surface area contributed by atoms with Gasteiger partial charge in [-0.1, -0.05) is 41.9 Å². The van der Waals surface area contributed by atoms with Crippen molar-refractivity contribution in [2.24, 2.45) is 5.92 Å². The number of rotatable bonds is 19. The molecule has 0 radical (unpaired) electrons. The lowest BCUT2D eigenvalue weighted by molar-refractivity contribution is -0.140. The summed E-state index contributed by atoms with van der Waals surface area (Å²) < 4.78 is 18.9. The van der Waals surface area contributed by atoms with E-state index in [-0.39, 0.29) is 13.2 Å². The number of aliphatic hydroxyl groups is 1. The molecule has 2 aliphatic heterocycles. The van der Waals surface area contributed by atoms with Gasteiger partial charge in [0.2, 0.25) is 0 Å². The Morgan fingerprint density at radius 2 is 1.82 bits per heavy atom. The Kier molecular flexibility index (Phi) is 14.8. The summed E-state index contributed by atoms with van der Waals surface area (Å²) in [5, 5.41) is 33.9. The highest BCUT2D eigenvalue weighted by Gasteiger charge is 2.21. The normalized spacial score (nSPS) is 15.9. The topological polar surface area (TPSA) is 136 Å². The minimum Gasteiger partial charge on any atom is -0.493 e. The second-order valence-corrected chi connectivity index (χ2v) is 14.1. The Bertz CT molecular complexity index is 1580. The summed E-state index contributed by atoms with van der Waals surface area (Å²) in [4.78, 5) is 14.0. The van der Waals surface area contributed by atoms with Crippen LogP contribution in [0.2, 0.25) is 5.02 Å². The Morgan fingerprint density at radius 1 is 1.06 bits per heavy atom. The van der Waals surface area contributed by atoms with E-state index in [2.05, 4.69) is 31.5 Å². The van der Waals surface area contributed by atoms with Gasteiger partial charge in [-0.05, 0) is 103 Å². The van der Waals surface area contributed by atoms with Gasteiger partial charge >= 0.3 is 5.97 Å². The maximum atomic E-state index is 11.5. The number of likely N-dealkylation sites (tertiary alicyclic amines) is 1. The molecule has 0 amide bonds. The van der Waals surface area contributed by atoms with Gasteiger partial charge in [-0.2, -0.15) is 0 Å². The summed E-state index contributed by atoms with van der Waals surface area (Å²) in [5.41, 5.74) is 5.23. The lowest BCUT2D eigenvalue weighted by Gasteiger charge is -2.23. The van der Waals surface area contributed by atoms with Crippen LogP contribution >= 0.6 is 27.5 Å². The zero-order valence-corrected chi connectivity index (χ0v) is 30.7. The van der Waals surface area contributed by atoms with Crippen LogP contribution in [-0.2, 0) is 22.7 Å². The molecule has 2 fully saturated rings. The average molecular weight is 772 g/mol. The van der Waals surface area contributed by atoms with Crippen LogP contribution in [0.4, 0.5) is 5.69 Å². The number of carboxylic acid groups (broad SMARTS) is 1. The first-order valence-electron chi connectivity index (χ1n) is 17.5. The van der Waals surface area contributed by atoms with Gasteiger partial charge in [0.05, 0.1) is 18.2 Å². The van der Waals surface area contributed by atoms with E-state index >= 15 is 0 Å². The number of hydrogen-bond acceptors (Lipinski definition) is 9. The van der Waals surface area contributed by atoms with Crippen LogP contribution in [0.25, 0.3) is 11.1 Å². The summed E-state index contributed by atoms with van der Waals surface area (Å²) in [6.45, 7) is 6.12. The third kappa shape index (κ3) is 10.4. The first-order valence-corrected chi connectivity index (χ1v) is 18.6. The Balaban J connectivity index is 1.29. The molecule has 0 saturated carbocycles. The van der Waals surface area contributed by atoms with Crippen molar-refractivity contribution in [2.45, 2.75) is 57.7 Å². The molecule has 270 valence electrons. The molecule has 5 N–H and O–H groups in total. The van der Waals surface area contributed by atoms with Crippen molar-refractivity contribution in [1.82, 2.24) is 10.2 Å². The number of halogens is 2. The van der Waals surface area contributed by atoms with E-state index in [1.54, 1.807) is 12.1 Å². The van der Waals surface area contributed by atoms with Gasteiger partial charge in [-0.3, -0.25) is 10.1 Å². The van der Waals surface area contributed by atoms with Crippen LogP contribution in [-0.4, -0.2) is 85.9 Å². The molecule has 3 aromatic carbocycles. The zero-order valence-electron chi connectivity index (χ0n) is 28.4. The molecule has 1 unspecified atom stereocenters. The summed E-state index contributed by atoms with van der Waals surface area (Å²) in [6, 6.07) is 14.4. The minimum absolute atomic E-state index is 0.135. The predicted octanol–water partition coefficient (Wildman–Crippen LogP) is 6.97. The van der Waals surface area contributed by atoms with E-state index in [0.717, 1.165) is 71.2 Å². The molecule has 3 aromatic rings. The predicted molar refractivity (Wildman–Crippen MR) is 201 cm³/mol. The van der Waals surface area contributed by atoms with Gasteiger partial charge < -0.3 is 40.0 Å². The molecule has 10 nitrogen and oxygen atoms in total. The van der Waals surface area contributed by atoms with E-state index in [1.807, 2.05) is 36.4 Å². The molecule has 50 heavy (non-hydrogen) atoms. The number of anilines is 1. The van der Waals surface area contributed by atoms with Crippen molar-refractivity contribution in [1.29, 1.82) is 5.41 Å². The standard InChI is InChI=1S/C38H48BrClN4O6/c39-37-27(7-5-9-30(37)29-8-6-10-33(31(29)21-41)42-13-1-2-14-44-15-3-4-16-44)25-50-36-20-35(49-24-26-11-17-48-18-12-26)28(19-32(36)40)22-43-34(23-45)38(46)47/h5-10,19-21,26,34,41-43,45H,1-4,11-18,22-25H2,(H,46,47). The second kappa shape index (κ2) is 19.4. The van der Waals surface area contributed by atoms with Gasteiger partial charge in [0.1, 0.15) is 24.1 Å². The molecule has 12 heteroatoms. The largest absolute Gasteiger partial charge is 0.493 e. The lowest BCUT2D eigenvalue weighted by Crippen LogP contribution is -2.39. The van der Waals surface area contributed by atoms with Crippen molar-refractivity contribution >= 4 is 45.4 Å². The van der Waals surface area contributed by atoms with E-state index in [1.165, 1.54) is 32.1 Å². The average Bonchev–Trinajstić information content (AvgIpc) is 3.65. The summed E-state index contributed by atoms with van der Waals surface area (Å²) in [5.74, 6) is 0.166. The fourth-order valence-electron chi connectivity index (χ4n) is 6.40. The smallest absolute Gasteiger partial charge is 0.323 e. The van der Waals surface area contributed by atoms with Gasteiger partial charge in [0.25, 0.3) is 0 Å². The van der Waals surface area contributed by atoms with Gasteiger partial charge in [0, 0.05) is 65.4 Å². The molecule has 2 aliphatic rings. The number of nitrogens with zero attached hydrogens (tertiary/aromatic N) is 1. The van der Waals surface area contributed by atoms with Crippen LogP contribution in [0.5, 0.6) is 11.5 Å². The van der Waals surface area contributed by atoms with Crippen LogP contribution in [0, 0.1) is 11.3 Å². The number of aliphatic carboxylic acids is 1. The van der Waals surface area contributed by atoms with Crippen molar-refractivity contribution < 1.29 is 29.2 Å². The summed E-state index contributed by atoms with van der Waals surface area (Å²) in [7, 11) is 0. The Labute approximate surface area is 308 Å². The molecule has 0 bridgehead atoms. The molecule has 2 saturated heterocycles. The number of carbonyl (C=O) groups is 1. The summed E-state index contributed by atoms with van der Waals surface area (Å²) in [6.07, 6.45) is 8.07. The monoisotopic (exact) mass is 770 g/mol. The Hall–Kier alpha value is -3.19. The van der Waals surface area contributed by atoms with Crippen LogP contribution < -0.4 is 20.1 Å². The Morgan fingerprint density at radius 3 is 2.56 bits per heavy atom. The van der Waals surface area contributed by atoms with Crippen LogP contribution in [0.1, 0.15) is 55.2 Å². The van der Waals surface area contributed by atoms with E-state index in [9.17, 15) is 15.0 Å². The highest BCUT2D eigenvalue weighted by Crippen LogP contribution is 2.38. The maximum Gasteiger partial charge on any atom is 0.323 e. The highest BCUT2D eigenvalue weighted by atomic mass is 79.9. The second-order valence-electron chi connectivity index (χ2n) is 12.9. The molecule has 0 spiro atoms. The first kappa shape index (κ1) is 38.1.